The SMILES string of the molecule is CNC(=O)CN(Cc1ccc(C)cc1)S(=O)(=O)c1ccccc1. The maximum atomic E-state index is 12.8. The number of rotatable bonds is 6. The third-order valence-corrected chi connectivity index (χ3v) is 5.27. The molecule has 1 N–H and O–H groups in total. The predicted molar refractivity (Wildman–Crippen MR) is 89.3 cm³/mol. The average molecular weight is 332 g/mol. The highest BCUT2D eigenvalue weighted by molar-refractivity contribution is 7.89. The van der Waals surface area contributed by atoms with Crippen LogP contribution in [0.4, 0.5) is 0 Å². The Balaban J connectivity index is 2.33. The molecule has 0 saturated heterocycles. The van der Waals surface area contributed by atoms with E-state index < -0.39 is 10.0 Å². The minimum Gasteiger partial charge on any atom is -0.358 e. The largest absolute Gasteiger partial charge is 0.358 e. The molecule has 0 unspecified atom stereocenters. The average Bonchev–Trinajstić information content (AvgIpc) is 2.56. The van der Waals surface area contributed by atoms with Crippen LogP contribution in [0.2, 0.25) is 0 Å². The number of nitrogens with one attached hydrogen (secondary N) is 1. The number of carbonyl (C=O) groups is 1. The van der Waals surface area contributed by atoms with Crippen LogP contribution in [0.3, 0.4) is 0 Å². The summed E-state index contributed by atoms with van der Waals surface area (Å²) in [6, 6.07) is 15.7. The molecule has 122 valence electrons. The molecular weight excluding hydrogens is 312 g/mol. The number of likely N-dealkylation sites (N-methyl/N-ethyl adjacent to an activating group) is 1. The molecule has 23 heavy (non-hydrogen) atoms. The quantitative estimate of drug-likeness (QED) is 0.879. The molecule has 2 rings (SSSR count). The van der Waals surface area contributed by atoms with E-state index in [9.17, 15) is 13.2 Å². The Bertz CT molecular complexity index is 756. The van der Waals surface area contributed by atoms with Gasteiger partial charge < -0.3 is 5.32 Å². The molecule has 0 heterocycles. The first-order valence-electron chi connectivity index (χ1n) is 7.25. The molecule has 0 fully saturated rings. The van der Waals surface area contributed by atoms with Gasteiger partial charge in [0.25, 0.3) is 0 Å². The zero-order chi connectivity index (χ0) is 16.9. The monoisotopic (exact) mass is 332 g/mol. The molecule has 5 nitrogen and oxygen atoms in total. The Morgan fingerprint density at radius 3 is 2.22 bits per heavy atom. The van der Waals surface area contributed by atoms with Crippen molar-refractivity contribution in [2.45, 2.75) is 18.4 Å². The van der Waals surface area contributed by atoms with E-state index in [4.69, 9.17) is 0 Å². The lowest BCUT2D eigenvalue weighted by Crippen LogP contribution is -2.39. The van der Waals surface area contributed by atoms with Crippen LogP contribution in [0.1, 0.15) is 11.1 Å². The summed E-state index contributed by atoms with van der Waals surface area (Å²) >= 11 is 0. The summed E-state index contributed by atoms with van der Waals surface area (Å²) in [5, 5.41) is 2.47. The molecule has 6 heteroatoms. The summed E-state index contributed by atoms with van der Waals surface area (Å²) in [6.45, 7) is 1.89. The van der Waals surface area contributed by atoms with Crippen LogP contribution < -0.4 is 5.32 Å². The lowest BCUT2D eigenvalue weighted by molar-refractivity contribution is -0.120. The van der Waals surface area contributed by atoms with Crippen LogP contribution >= 0.6 is 0 Å². The molecule has 0 aliphatic rings. The fourth-order valence-corrected chi connectivity index (χ4v) is 3.51. The molecule has 0 aliphatic carbocycles. The van der Waals surface area contributed by atoms with Crippen LogP contribution in [0.15, 0.2) is 59.5 Å². The van der Waals surface area contributed by atoms with Gasteiger partial charge in [0.2, 0.25) is 15.9 Å². The zero-order valence-corrected chi connectivity index (χ0v) is 14.0. The highest BCUT2D eigenvalue weighted by atomic mass is 32.2. The third kappa shape index (κ3) is 4.40. The highest BCUT2D eigenvalue weighted by Gasteiger charge is 2.26. The summed E-state index contributed by atoms with van der Waals surface area (Å²) in [6.07, 6.45) is 0. The Morgan fingerprint density at radius 1 is 1.04 bits per heavy atom. The van der Waals surface area contributed by atoms with Crippen molar-refractivity contribution in [1.29, 1.82) is 0 Å². The fourth-order valence-electron chi connectivity index (χ4n) is 2.10. The lowest BCUT2D eigenvalue weighted by Gasteiger charge is -2.21. The van der Waals surface area contributed by atoms with E-state index in [-0.39, 0.29) is 23.9 Å². The van der Waals surface area contributed by atoms with E-state index in [2.05, 4.69) is 5.32 Å². The molecule has 0 aliphatic heterocycles. The normalized spacial score (nSPS) is 11.4. The second-order valence-electron chi connectivity index (χ2n) is 5.24. The van der Waals surface area contributed by atoms with Gasteiger partial charge in [0.15, 0.2) is 0 Å². The summed E-state index contributed by atoms with van der Waals surface area (Å²) in [5.41, 5.74) is 1.93. The number of sulfonamides is 1. The van der Waals surface area contributed by atoms with Crippen LogP contribution in [-0.2, 0) is 21.4 Å². The van der Waals surface area contributed by atoms with Gasteiger partial charge in [-0.25, -0.2) is 8.42 Å². The van der Waals surface area contributed by atoms with E-state index in [0.29, 0.717) is 0 Å². The maximum Gasteiger partial charge on any atom is 0.243 e. The highest BCUT2D eigenvalue weighted by Crippen LogP contribution is 2.18. The second-order valence-corrected chi connectivity index (χ2v) is 7.18. The number of carbonyl (C=O) groups excluding carboxylic acids is 1. The molecule has 2 aromatic rings. The molecule has 0 saturated carbocycles. The number of amides is 1. The van der Waals surface area contributed by atoms with Crippen LogP contribution in [-0.4, -0.2) is 32.2 Å². The number of hydrogen-bond donors (Lipinski definition) is 1. The zero-order valence-electron chi connectivity index (χ0n) is 13.2. The van der Waals surface area contributed by atoms with Crippen molar-refractivity contribution < 1.29 is 13.2 Å². The Hall–Kier alpha value is -2.18. The van der Waals surface area contributed by atoms with Gasteiger partial charge in [0.05, 0.1) is 11.4 Å². The van der Waals surface area contributed by atoms with E-state index in [1.165, 1.54) is 23.5 Å². The molecule has 2 aromatic carbocycles. The lowest BCUT2D eigenvalue weighted by atomic mass is 10.1. The summed E-state index contributed by atoms with van der Waals surface area (Å²) in [7, 11) is -2.25. The standard InChI is InChI=1S/C17H20N2O3S/c1-14-8-10-15(11-9-14)12-19(13-17(20)18-2)23(21,22)16-6-4-3-5-7-16/h3-11H,12-13H2,1-2H3,(H,18,20). The number of aryl methyl sites for hydroxylation is 1. The first-order chi connectivity index (χ1) is 10.9. The van der Waals surface area contributed by atoms with Gasteiger partial charge in [-0.1, -0.05) is 48.0 Å². The van der Waals surface area contributed by atoms with Crippen molar-refractivity contribution >= 4 is 15.9 Å². The van der Waals surface area contributed by atoms with Gasteiger partial charge in [0, 0.05) is 13.6 Å². The maximum absolute atomic E-state index is 12.8. The third-order valence-electron chi connectivity index (χ3n) is 3.46. The Kier molecular flexibility index (Phi) is 5.52. The smallest absolute Gasteiger partial charge is 0.243 e. The fraction of sp³-hybridized carbons (Fsp3) is 0.235. The van der Waals surface area contributed by atoms with Crippen molar-refractivity contribution in [3.8, 4) is 0 Å². The van der Waals surface area contributed by atoms with Crippen molar-refractivity contribution in [3.05, 3.63) is 65.7 Å². The first-order valence-corrected chi connectivity index (χ1v) is 8.69. The molecule has 0 atom stereocenters. The second kappa shape index (κ2) is 7.39. The van der Waals surface area contributed by atoms with E-state index >= 15 is 0 Å². The molecular formula is C17H20N2O3S. The van der Waals surface area contributed by atoms with Crippen LogP contribution in [0.25, 0.3) is 0 Å². The van der Waals surface area contributed by atoms with E-state index in [1.807, 2.05) is 31.2 Å². The van der Waals surface area contributed by atoms with Crippen LogP contribution in [0, 0.1) is 6.92 Å². The van der Waals surface area contributed by atoms with Crippen molar-refractivity contribution in [1.82, 2.24) is 9.62 Å². The van der Waals surface area contributed by atoms with Crippen molar-refractivity contribution in [2.75, 3.05) is 13.6 Å². The Labute approximate surface area is 137 Å². The number of benzene rings is 2. The van der Waals surface area contributed by atoms with Crippen molar-refractivity contribution in [3.63, 3.8) is 0 Å². The molecule has 0 radical (unpaired) electrons. The minimum absolute atomic E-state index is 0.144. The number of hydrogen-bond acceptors (Lipinski definition) is 3. The van der Waals surface area contributed by atoms with Gasteiger partial charge in [-0.15, -0.1) is 0 Å². The topological polar surface area (TPSA) is 66.5 Å². The predicted octanol–water partition coefficient (Wildman–Crippen LogP) is 1.93. The van der Waals surface area contributed by atoms with E-state index in [0.717, 1.165) is 11.1 Å². The molecule has 0 bridgehead atoms. The summed E-state index contributed by atoms with van der Waals surface area (Å²) in [5.74, 6) is -0.350. The van der Waals surface area contributed by atoms with Gasteiger partial charge in [-0.05, 0) is 24.6 Å². The van der Waals surface area contributed by atoms with Gasteiger partial charge in [-0.3, -0.25) is 4.79 Å². The molecule has 1 amide bonds. The van der Waals surface area contributed by atoms with Crippen LogP contribution in [0.5, 0.6) is 0 Å². The minimum atomic E-state index is -3.74. The molecule has 0 spiro atoms. The summed E-state index contributed by atoms with van der Waals surface area (Å²) in [4.78, 5) is 11.9. The van der Waals surface area contributed by atoms with Gasteiger partial charge in [0.1, 0.15) is 0 Å². The molecule has 0 aromatic heterocycles. The Morgan fingerprint density at radius 2 is 1.65 bits per heavy atom. The van der Waals surface area contributed by atoms with Gasteiger partial charge in [-0.2, -0.15) is 4.31 Å². The van der Waals surface area contributed by atoms with Gasteiger partial charge >= 0.3 is 0 Å². The van der Waals surface area contributed by atoms with E-state index in [1.54, 1.807) is 18.2 Å². The van der Waals surface area contributed by atoms with Crippen molar-refractivity contribution in [2.24, 2.45) is 0 Å². The first kappa shape index (κ1) is 17.2. The number of nitrogens with zero attached hydrogens (tertiary/aromatic N) is 1. The summed E-state index contributed by atoms with van der Waals surface area (Å²) < 4.78 is 26.8.